The van der Waals surface area contributed by atoms with Gasteiger partial charge in [-0.2, -0.15) is 0 Å². The number of benzene rings is 2. The molecule has 0 aliphatic heterocycles. The second-order valence-corrected chi connectivity index (χ2v) is 5.62. The van der Waals surface area contributed by atoms with Crippen molar-refractivity contribution >= 4 is 28.3 Å². The minimum atomic E-state index is -0.401. The van der Waals surface area contributed by atoms with Gasteiger partial charge in [0.15, 0.2) is 0 Å². The number of amides is 2. The van der Waals surface area contributed by atoms with Crippen molar-refractivity contribution in [1.29, 1.82) is 0 Å². The van der Waals surface area contributed by atoms with Crippen LogP contribution < -0.4 is 16.2 Å². The summed E-state index contributed by atoms with van der Waals surface area (Å²) in [5.41, 5.74) is 3.11. The van der Waals surface area contributed by atoms with Gasteiger partial charge in [-0.25, -0.2) is 4.79 Å². The van der Waals surface area contributed by atoms with Crippen LogP contribution >= 0.6 is 0 Å². The topological polar surface area (TPSA) is 94.2 Å². The summed E-state index contributed by atoms with van der Waals surface area (Å²) < 4.78 is 0. The summed E-state index contributed by atoms with van der Waals surface area (Å²) in [6.07, 6.45) is 0. The summed E-state index contributed by atoms with van der Waals surface area (Å²) in [4.78, 5) is 26.4. The molecule has 4 N–H and O–H groups in total. The van der Waals surface area contributed by atoms with Gasteiger partial charge in [0.05, 0.1) is 11.2 Å². The Kier molecular flexibility index (Phi) is 3.95. The van der Waals surface area contributed by atoms with Gasteiger partial charge in [0.1, 0.15) is 5.75 Å². The number of nitrogens with one attached hydrogen (secondary N) is 3. The van der Waals surface area contributed by atoms with Gasteiger partial charge in [0.2, 0.25) is 5.56 Å². The van der Waals surface area contributed by atoms with Crippen molar-refractivity contribution in [2.75, 3.05) is 10.6 Å². The summed E-state index contributed by atoms with van der Waals surface area (Å²) in [6, 6.07) is 11.3. The molecule has 3 aromatic rings. The van der Waals surface area contributed by atoms with E-state index in [2.05, 4.69) is 15.6 Å². The molecular formula is C18H17N3O3. The van der Waals surface area contributed by atoms with Crippen molar-refractivity contribution < 1.29 is 9.90 Å². The number of H-pyrrole nitrogens is 1. The molecule has 0 saturated heterocycles. The van der Waals surface area contributed by atoms with Crippen LogP contribution in [0.25, 0.3) is 10.9 Å². The Morgan fingerprint density at radius 2 is 1.75 bits per heavy atom. The molecule has 0 radical (unpaired) electrons. The molecule has 3 rings (SSSR count). The lowest BCUT2D eigenvalue weighted by Crippen LogP contribution is -2.20. The van der Waals surface area contributed by atoms with Crippen LogP contribution in [-0.4, -0.2) is 16.1 Å². The monoisotopic (exact) mass is 323 g/mol. The Balaban J connectivity index is 1.86. The van der Waals surface area contributed by atoms with Gasteiger partial charge in [-0.1, -0.05) is 6.07 Å². The zero-order valence-electron chi connectivity index (χ0n) is 13.3. The van der Waals surface area contributed by atoms with Gasteiger partial charge in [-0.05, 0) is 55.3 Å². The zero-order chi connectivity index (χ0) is 17.3. The molecule has 0 atom stereocenters. The van der Waals surface area contributed by atoms with Crippen LogP contribution in [0.2, 0.25) is 0 Å². The quantitative estimate of drug-likeness (QED) is 0.544. The number of fused-ring (bicyclic) bond motifs is 1. The van der Waals surface area contributed by atoms with Crippen LogP contribution in [-0.2, 0) is 0 Å². The van der Waals surface area contributed by atoms with E-state index < -0.39 is 6.03 Å². The molecule has 0 aliphatic rings. The largest absolute Gasteiger partial charge is 0.508 e. The Bertz CT molecular complexity index is 992. The van der Waals surface area contributed by atoms with Gasteiger partial charge in [-0.3, -0.25) is 4.79 Å². The van der Waals surface area contributed by atoms with Gasteiger partial charge in [0, 0.05) is 17.1 Å². The predicted molar refractivity (Wildman–Crippen MR) is 94.8 cm³/mol. The van der Waals surface area contributed by atoms with Gasteiger partial charge >= 0.3 is 6.03 Å². The number of anilines is 2. The number of pyridine rings is 1. The summed E-state index contributed by atoms with van der Waals surface area (Å²) in [5, 5.41) is 16.0. The number of carbonyl (C=O) groups is 1. The lowest BCUT2D eigenvalue weighted by Gasteiger charge is -2.13. The molecule has 0 bridgehead atoms. The van der Waals surface area contributed by atoms with E-state index in [1.807, 2.05) is 0 Å². The van der Waals surface area contributed by atoms with Crippen molar-refractivity contribution in [1.82, 2.24) is 4.98 Å². The van der Waals surface area contributed by atoms with Gasteiger partial charge in [-0.15, -0.1) is 0 Å². The standard InChI is InChI=1S/C18H17N3O3/c1-10-9-16(22)11(2)8-15(10)21-18(24)20-14-5-3-4-13-12(14)6-7-17(23)19-13/h3-9,22H,1-2H3,(H,19,23)(H2,20,21,24). The van der Waals surface area contributed by atoms with Gasteiger partial charge in [0.25, 0.3) is 0 Å². The highest BCUT2D eigenvalue weighted by molar-refractivity contribution is 6.05. The maximum atomic E-state index is 12.3. The molecular weight excluding hydrogens is 306 g/mol. The summed E-state index contributed by atoms with van der Waals surface area (Å²) in [5.74, 6) is 0.191. The fraction of sp³-hybridized carbons (Fsp3) is 0.111. The van der Waals surface area contributed by atoms with Crippen molar-refractivity contribution in [3.8, 4) is 5.75 Å². The molecule has 122 valence electrons. The number of rotatable bonds is 2. The highest BCUT2D eigenvalue weighted by Gasteiger charge is 2.09. The van der Waals surface area contributed by atoms with Crippen LogP contribution in [0.5, 0.6) is 5.75 Å². The lowest BCUT2D eigenvalue weighted by atomic mass is 10.1. The van der Waals surface area contributed by atoms with Crippen molar-refractivity contribution in [3.05, 3.63) is 63.9 Å². The first-order chi connectivity index (χ1) is 11.4. The summed E-state index contributed by atoms with van der Waals surface area (Å²) in [7, 11) is 0. The molecule has 0 saturated carbocycles. The van der Waals surface area contributed by atoms with E-state index in [9.17, 15) is 14.7 Å². The molecule has 1 aromatic heterocycles. The fourth-order valence-electron chi connectivity index (χ4n) is 2.51. The average molecular weight is 323 g/mol. The molecule has 0 fully saturated rings. The molecule has 0 aliphatic carbocycles. The predicted octanol–water partition coefficient (Wildman–Crippen LogP) is 3.49. The highest BCUT2D eigenvalue weighted by atomic mass is 16.3. The highest BCUT2D eigenvalue weighted by Crippen LogP contribution is 2.25. The third-order valence-electron chi connectivity index (χ3n) is 3.80. The SMILES string of the molecule is Cc1cc(NC(=O)Nc2cccc3[nH]c(=O)ccc23)c(C)cc1O. The number of aromatic amines is 1. The van der Waals surface area contributed by atoms with E-state index in [0.29, 0.717) is 22.5 Å². The molecule has 6 heteroatoms. The van der Waals surface area contributed by atoms with Crippen LogP contribution in [0.1, 0.15) is 11.1 Å². The second kappa shape index (κ2) is 6.08. The molecule has 0 spiro atoms. The Morgan fingerprint density at radius 3 is 2.54 bits per heavy atom. The van der Waals surface area contributed by atoms with E-state index in [1.165, 1.54) is 6.07 Å². The first-order valence-electron chi connectivity index (χ1n) is 7.44. The molecule has 2 amide bonds. The maximum Gasteiger partial charge on any atom is 0.323 e. The van der Waals surface area contributed by atoms with Crippen molar-refractivity contribution in [2.24, 2.45) is 0 Å². The van der Waals surface area contributed by atoms with E-state index in [-0.39, 0.29) is 11.3 Å². The van der Waals surface area contributed by atoms with Crippen molar-refractivity contribution in [2.45, 2.75) is 13.8 Å². The normalized spacial score (nSPS) is 10.6. The third kappa shape index (κ3) is 3.08. The van der Waals surface area contributed by atoms with Gasteiger partial charge < -0.3 is 20.7 Å². The van der Waals surface area contributed by atoms with E-state index in [4.69, 9.17) is 0 Å². The third-order valence-corrected chi connectivity index (χ3v) is 3.80. The van der Waals surface area contributed by atoms with E-state index in [0.717, 1.165) is 10.9 Å². The number of phenols is 1. The van der Waals surface area contributed by atoms with Crippen molar-refractivity contribution in [3.63, 3.8) is 0 Å². The van der Waals surface area contributed by atoms with Crippen LogP contribution in [0.4, 0.5) is 16.2 Å². The number of carbonyl (C=O) groups excluding carboxylic acids is 1. The summed E-state index contributed by atoms with van der Waals surface area (Å²) in [6.45, 7) is 3.57. The minimum Gasteiger partial charge on any atom is -0.508 e. The fourth-order valence-corrected chi connectivity index (χ4v) is 2.51. The zero-order valence-corrected chi connectivity index (χ0v) is 13.3. The molecule has 6 nitrogen and oxygen atoms in total. The molecule has 24 heavy (non-hydrogen) atoms. The minimum absolute atomic E-state index is 0.191. The second-order valence-electron chi connectivity index (χ2n) is 5.62. The first kappa shape index (κ1) is 15.6. The number of aromatic nitrogens is 1. The van der Waals surface area contributed by atoms with E-state index in [1.54, 1.807) is 50.2 Å². The number of aromatic hydroxyl groups is 1. The van der Waals surface area contributed by atoms with E-state index >= 15 is 0 Å². The first-order valence-corrected chi connectivity index (χ1v) is 7.44. The smallest absolute Gasteiger partial charge is 0.323 e. The molecule has 2 aromatic carbocycles. The lowest BCUT2D eigenvalue weighted by molar-refractivity contribution is 0.262. The Morgan fingerprint density at radius 1 is 1.00 bits per heavy atom. The Labute approximate surface area is 138 Å². The molecule has 1 heterocycles. The van der Waals surface area contributed by atoms with Crippen LogP contribution in [0.3, 0.4) is 0 Å². The maximum absolute atomic E-state index is 12.3. The number of phenolic OH excluding ortho intramolecular Hbond substituents is 1. The number of urea groups is 1. The van der Waals surface area contributed by atoms with Crippen LogP contribution in [0, 0.1) is 13.8 Å². The summed E-state index contributed by atoms with van der Waals surface area (Å²) >= 11 is 0. The van der Waals surface area contributed by atoms with Crippen LogP contribution in [0.15, 0.2) is 47.3 Å². The number of hydrogen-bond donors (Lipinski definition) is 4. The Hall–Kier alpha value is -3.28. The number of aryl methyl sites for hydroxylation is 2. The molecule has 0 unspecified atom stereocenters. The average Bonchev–Trinajstić information content (AvgIpc) is 2.52. The number of hydrogen-bond acceptors (Lipinski definition) is 3.